The van der Waals surface area contributed by atoms with E-state index in [-0.39, 0.29) is 30.5 Å². The Labute approximate surface area is 259 Å². The van der Waals surface area contributed by atoms with Crippen LogP contribution in [0.3, 0.4) is 0 Å². The number of likely N-dealkylation sites (tertiary alicyclic amines) is 1. The Morgan fingerprint density at radius 3 is 2.39 bits per heavy atom. The Kier molecular flexibility index (Phi) is 6.66. The second-order valence-electron chi connectivity index (χ2n) is 11.9. The summed E-state index contributed by atoms with van der Waals surface area (Å²) in [7, 11) is 1.49. The molecule has 4 amide bonds. The zero-order chi connectivity index (χ0) is 30.9. The van der Waals surface area contributed by atoms with Crippen LogP contribution in [0.15, 0.2) is 84.4 Å². The maximum Gasteiger partial charge on any atom is 0.246 e. The maximum atomic E-state index is 15.2. The third-order valence-electron chi connectivity index (χ3n) is 10.1. The van der Waals surface area contributed by atoms with Gasteiger partial charge in [0.2, 0.25) is 23.6 Å². The molecule has 224 valence electrons. The summed E-state index contributed by atoms with van der Waals surface area (Å²) in [5.74, 6) is -4.53. The number of carbonyl (C=O) groups excluding carboxylic acids is 4. The van der Waals surface area contributed by atoms with Crippen LogP contribution in [-0.4, -0.2) is 47.3 Å². The van der Waals surface area contributed by atoms with E-state index >= 15 is 4.79 Å². The van der Waals surface area contributed by atoms with Crippen molar-refractivity contribution in [2.24, 2.45) is 23.7 Å². The molecule has 1 saturated carbocycles. The average Bonchev–Trinajstić information content (AvgIpc) is 3.41. The molecule has 6 unspecified atom stereocenters. The third-order valence-corrected chi connectivity index (χ3v) is 10.4. The van der Waals surface area contributed by atoms with Gasteiger partial charge in [0.05, 0.1) is 36.0 Å². The first kappa shape index (κ1) is 28.3. The first-order chi connectivity index (χ1) is 21.2. The number of fused-ring (bicyclic) bond motifs is 4. The SMILES string of the molecule is CCN1C(=O)C2CC=C3C(CC4C(=O)N(c5cccc(Cl)c5)C(=O)C4(c4ccccc4)C3c3c(O)cccc3OC)C2C1=O. The summed E-state index contributed by atoms with van der Waals surface area (Å²) in [4.78, 5) is 59.5. The van der Waals surface area contributed by atoms with E-state index in [4.69, 9.17) is 16.3 Å². The largest absolute Gasteiger partial charge is 0.508 e. The number of aromatic hydroxyl groups is 1. The molecular weight excluding hydrogens is 580 g/mol. The maximum absolute atomic E-state index is 15.2. The molecule has 4 aliphatic rings. The molecule has 8 nitrogen and oxygen atoms in total. The van der Waals surface area contributed by atoms with Crippen molar-refractivity contribution in [2.45, 2.75) is 31.1 Å². The van der Waals surface area contributed by atoms with Crippen LogP contribution in [0.2, 0.25) is 5.02 Å². The lowest BCUT2D eigenvalue weighted by atomic mass is 9.49. The minimum absolute atomic E-state index is 0.0856. The van der Waals surface area contributed by atoms with Crippen molar-refractivity contribution in [2.75, 3.05) is 18.6 Å². The van der Waals surface area contributed by atoms with Crippen LogP contribution in [0.1, 0.15) is 36.8 Å². The number of nitrogens with zero attached hydrogens (tertiary/aromatic N) is 2. The van der Waals surface area contributed by atoms with Gasteiger partial charge in [0.1, 0.15) is 11.5 Å². The van der Waals surface area contributed by atoms with E-state index in [9.17, 15) is 19.5 Å². The van der Waals surface area contributed by atoms with E-state index in [1.807, 2.05) is 36.4 Å². The first-order valence-corrected chi connectivity index (χ1v) is 15.2. The number of allylic oxidation sites excluding steroid dienone is 2. The molecule has 0 spiro atoms. The summed E-state index contributed by atoms with van der Waals surface area (Å²) in [6, 6.07) is 20.7. The lowest BCUT2D eigenvalue weighted by Crippen LogP contribution is -2.53. The number of phenolic OH excluding ortho intramolecular Hbond substituents is 1. The molecule has 0 radical (unpaired) electrons. The number of benzene rings is 3. The summed E-state index contributed by atoms with van der Waals surface area (Å²) in [6.07, 6.45) is 2.47. The monoisotopic (exact) mass is 610 g/mol. The van der Waals surface area contributed by atoms with E-state index in [2.05, 4.69) is 0 Å². The lowest BCUT2D eigenvalue weighted by Gasteiger charge is -2.51. The Bertz CT molecular complexity index is 1750. The van der Waals surface area contributed by atoms with Crippen LogP contribution in [0, 0.1) is 23.7 Å². The van der Waals surface area contributed by atoms with Crippen molar-refractivity contribution in [3.8, 4) is 11.5 Å². The van der Waals surface area contributed by atoms with Crippen LogP contribution in [0.4, 0.5) is 5.69 Å². The number of imide groups is 2. The fourth-order valence-corrected chi connectivity index (χ4v) is 8.62. The summed E-state index contributed by atoms with van der Waals surface area (Å²) in [5.41, 5.74) is 0.613. The molecule has 2 aliphatic heterocycles. The van der Waals surface area contributed by atoms with Gasteiger partial charge in [-0.2, -0.15) is 0 Å². The van der Waals surface area contributed by atoms with E-state index in [0.717, 1.165) is 5.57 Å². The highest BCUT2D eigenvalue weighted by molar-refractivity contribution is 6.32. The van der Waals surface area contributed by atoms with Crippen LogP contribution in [0.5, 0.6) is 11.5 Å². The van der Waals surface area contributed by atoms with Crippen LogP contribution in [-0.2, 0) is 24.6 Å². The Hall–Kier alpha value is -4.43. The van der Waals surface area contributed by atoms with Crippen molar-refractivity contribution < 1.29 is 29.0 Å². The predicted octanol–water partition coefficient (Wildman–Crippen LogP) is 5.24. The number of amides is 4. The average molecular weight is 611 g/mol. The van der Waals surface area contributed by atoms with Crippen molar-refractivity contribution in [1.82, 2.24) is 4.90 Å². The number of halogens is 1. The number of phenols is 1. The van der Waals surface area contributed by atoms with E-state index in [1.54, 1.807) is 49.4 Å². The van der Waals surface area contributed by atoms with E-state index in [1.165, 1.54) is 16.9 Å². The Balaban J connectivity index is 1.54. The number of ether oxygens (including phenoxy) is 1. The molecule has 6 atom stereocenters. The summed E-state index contributed by atoms with van der Waals surface area (Å²) in [5, 5.41) is 11.9. The van der Waals surface area contributed by atoms with E-state index in [0.29, 0.717) is 34.0 Å². The second kappa shape index (κ2) is 10.3. The Morgan fingerprint density at radius 2 is 1.68 bits per heavy atom. The molecule has 0 aromatic heterocycles. The molecule has 3 aromatic carbocycles. The van der Waals surface area contributed by atoms with Crippen LogP contribution in [0.25, 0.3) is 0 Å². The molecule has 2 saturated heterocycles. The molecule has 2 heterocycles. The smallest absolute Gasteiger partial charge is 0.246 e. The summed E-state index contributed by atoms with van der Waals surface area (Å²) >= 11 is 6.34. The zero-order valence-electron chi connectivity index (χ0n) is 24.3. The fourth-order valence-electron chi connectivity index (χ4n) is 8.44. The number of carbonyl (C=O) groups is 4. The lowest BCUT2D eigenvalue weighted by molar-refractivity contribution is -0.140. The van der Waals surface area contributed by atoms with Crippen molar-refractivity contribution in [1.29, 1.82) is 0 Å². The van der Waals surface area contributed by atoms with E-state index < -0.39 is 46.8 Å². The predicted molar refractivity (Wildman–Crippen MR) is 163 cm³/mol. The Morgan fingerprint density at radius 1 is 0.932 bits per heavy atom. The number of methoxy groups -OCH3 is 1. The van der Waals surface area contributed by atoms with Gasteiger partial charge in [0.15, 0.2) is 0 Å². The standard InChI is InChI=1S/C35H31ClN2O6/c1-3-37-31(40)23-16-15-22-24(28(23)33(37)42)18-25-32(41)38(21-12-7-11-20(36)17-21)34(43)35(25,19-9-5-4-6-10-19)30(22)29-26(39)13-8-14-27(29)44-2/h4-15,17,23-25,28,30,39H,3,16,18H2,1-2H3. The van der Waals surface area contributed by atoms with Crippen molar-refractivity contribution in [3.63, 3.8) is 0 Å². The van der Waals surface area contributed by atoms with Gasteiger partial charge in [-0.15, -0.1) is 0 Å². The highest BCUT2D eigenvalue weighted by Gasteiger charge is 2.70. The van der Waals surface area contributed by atoms with Gasteiger partial charge in [-0.25, -0.2) is 4.90 Å². The van der Waals surface area contributed by atoms with Gasteiger partial charge >= 0.3 is 0 Å². The van der Waals surface area contributed by atoms with Crippen LogP contribution >= 0.6 is 11.6 Å². The van der Waals surface area contributed by atoms with Gasteiger partial charge in [-0.05, 0) is 61.6 Å². The molecule has 7 rings (SSSR count). The minimum atomic E-state index is -1.49. The second-order valence-corrected chi connectivity index (χ2v) is 12.3. The quantitative estimate of drug-likeness (QED) is 0.313. The van der Waals surface area contributed by atoms with Gasteiger partial charge in [0.25, 0.3) is 0 Å². The van der Waals surface area contributed by atoms with Crippen molar-refractivity contribution >= 4 is 40.9 Å². The third kappa shape index (κ3) is 3.70. The van der Waals surface area contributed by atoms with Gasteiger partial charge in [-0.1, -0.05) is 65.7 Å². The highest BCUT2D eigenvalue weighted by Crippen LogP contribution is 2.66. The molecule has 3 aromatic rings. The number of hydrogen-bond acceptors (Lipinski definition) is 6. The minimum Gasteiger partial charge on any atom is -0.508 e. The topological polar surface area (TPSA) is 104 Å². The molecule has 0 bridgehead atoms. The number of hydrogen-bond donors (Lipinski definition) is 1. The molecular formula is C35H31ClN2O6. The van der Waals surface area contributed by atoms with Crippen molar-refractivity contribution in [3.05, 3.63) is 101 Å². The van der Waals surface area contributed by atoms with Crippen LogP contribution < -0.4 is 9.64 Å². The zero-order valence-corrected chi connectivity index (χ0v) is 25.0. The summed E-state index contributed by atoms with van der Waals surface area (Å²) in [6.45, 7) is 2.04. The number of rotatable bonds is 5. The molecule has 1 N–H and O–H groups in total. The molecule has 2 aliphatic carbocycles. The summed E-state index contributed by atoms with van der Waals surface area (Å²) < 4.78 is 5.79. The highest BCUT2D eigenvalue weighted by atomic mass is 35.5. The molecule has 44 heavy (non-hydrogen) atoms. The normalized spacial score (nSPS) is 29.3. The molecule has 9 heteroatoms. The van der Waals surface area contributed by atoms with Gasteiger partial charge in [0, 0.05) is 23.0 Å². The van der Waals surface area contributed by atoms with Gasteiger partial charge < -0.3 is 9.84 Å². The fraction of sp³-hybridized carbons (Fsp3) is 0.314. The number of anilines is 1. The molecule has 3 fully saturated rings. The van der Waals surface area contributed by atoms with Gasteiger partial charge in [-0.3, -0.25) is 24.1 Å². The first-order valence-electron chi connectivity index (χ1n) is 14.9.